The van der Waals surface area contributed by atoms with Crippen LogP contribution < -0.4 is 5.32 Å². The van der Waals surface area contributed by atoms with Gasteiger partial charge in [-0.1, -0.05) is 13.8 Å². The van der Waals surface area contributed by atoms with Crippen molar-refractivity contribution in [1.82, 2.24) is 10.2 Å². The van der Waals surface area contributed by atoms with Gasteiger partial charge >= 0.3 is 0 Å². The van der Waals surface area contributed by atoms with E-state index in [1.165, 1.54) is 0 Å². The Hall–Kier alpha value is -0.710. The molecule has 5 heteroatoms. The second kappa shape index (κ2) is 6.71. The van der Waals surface area contributed by atoms with E-state index in [1.807, 2.05) is 13.8 Å². The molecule has 0 aliphatic heterocycles. The van der Waals surface area contributed by atoms with Gasteiger partial charge in [-0.25, -0.2) is 0 Å². The van der Waals surface area contributed by atoms with Crippen molar-refractivity contribution in [2.45, 2.75) is 25.5 Å². The van der Waals surface area contributed by atoms with Gasteiger partial charge in [0.15, 0.2) is 0 Å². The Labute approximate surface area is 96.8 Å². The molecule has 0 aromatic rings. The summed E-state index contributed by atoms with van der Waals surface area (Å²) in [6.07, 6.45) is 0.331. The monoisotopic (exact) mass is 232 g/mol. The summed E-state index contributed by atoms with van der Waals surface area (Å²) in [6, 6.07) is 0. The van der Waals surface area contributed by atoms with Gasteiger partial charge in [-0.2, -0.15) is 12.6 Å². The molecule has 1 N–H and O–H groups in total. The molecule has 0 aromatic carbocycles. The second-order valence-electron chi connectivity index (χ2n) is 3.87. The first-order valence-corrected chi connectivity index (χ1v) is 5.55. The highest BCUT2D eigenvalue weighted by molar-refractivity contribution is 7.81. The Kier molecular flexibility index (Phi) is 6.40. The van der Waals surface area contributed by atoms with Gasteiger partial charge < -0.3 is 10.2 Å². The minimum Gasteiger partial charge on any atom is -0.359 e. The lowest BCUT2D eigenvalue weighted by molar-refractivity contribution is -0.130. The fraction of sp³-hybridized carbons (Fsp3) is 0.800. The molecule has 4 nitrogen and oxygen atoms in total. The zero-order valence-electron chi connectivity index (χ0n) is 9.78. The van der Waals surface area contributed by atoms with E-state index >= 15 is 0 Å². The smallest absolute Gasteiger partial charge is 0.235 e. The maximum absolute atomic E-state index is 11.7. The summed E-state index contributed by atoms with van der Waals surface area (Å²) >= 11 is 4.23. The van der Waals surface area contributed by atoms with Gasteiger partial charge in [0.2, 0.25) is 11.8 Å². The van der Waals surface area contributed by atoms with Gasteiger partial charge in [0.25, 0.3) is 0 Å². The van der Waals surface area contributed by atoms with Crippen LogP contribution in [0.2, 0.25) is 0 Å². The molecule has 0 aromatic heterocycles. The molecule has 0 bridgehead atoms. The lowest BCUT2D eigenvalue weighted by atomic mass is 10.1. The van der Waals surface area contributed by atoms with E-state index in [0.717, 1.165) is 0 Å². The predicted octanol–water partition coefficient (Wildman–Crippen LogP) is 0.535. The molecule has 0 spiro atoms. The number of carbonyl (C=O) groups is 2. The molecule has 1 atom stereocenters. The summed E-state index contributed by atoms with van der Waals surface area (Å²) in [5.41, 5.74) is 0. The standard InChI is InChI=1S/C10H20N2O2S/c1-7(2)9(15)10(14)12(4)6-5-8(13)11-3/h7,9,15H,5-6H2,1-4H3,(H,11,13). The molecule has 0 fully saturated rings. The quantitative estimate of drug-likeness (QED) is 0.680. The number of nitrogens with one attached hydrogen (secondary N) is 1. The van der Waals surface area contributed by atoms with Crippen molar-refractivity contribution in [3.05, 3.63) is 0 Å². The first-order chi connectivity index (χ1) is 6.90. The van der Waals surface area contributed by atoms with Gasteiger partial charge in [-0.15, -0.1) is 0 Å². The molecule has 15 heavy (non-hydrogen) atoms. The summed E-state index contributed by atoms with van der Waals surface area (Å²) in [5.74, 6) is 0.107. The number of hydrogen-bond donors (Lipinski definition) is 2. The van der Waals surface area contributed by atoms with E-state index in [1.54, 1.807) is 19.0 Å². The minimum absolute atomic E-state index is 0.0303. The van der Waals surface area contributed by atoms with Gasteiger partial charge in [0.1, 0.15) is 0 Å². The first-order valence-electron chi connectivity index (χ1n) is 5.03. The van der Waals surface area contributed by atoms with Crippen molar-refractivity contribution in [3.63, 3.8) is 0 Å². The average Bonchev–Trinajstić information content (AvgIpc) is 2.22. The molecule has 0 saturated carbocycles. The molecule has 0 radical (unpaired) electrons. The summed E-state index contributed by atoms with van der Waals surface area (Å²) in [4.78, 5) is 24.2. The van der Waals surface area contributed by atoms with Crippen LogP contribution in [0.5, 0.6) is 0 Å². The van der Waals surface area contributed by atoms with Crippen LogP contribution in [0.3, 0.4) is 0 Å². The molecule has 0 saturated heterocycles. The third kappa shape index (κ3) is 5.06. The van der Waals surface area contributed by atoms with E-state index in [2.05, 4.69) is 17.9 Å². The summed E-state index contributed by atoms with van der Waals surface area (Å²) in [6.45, 7) is 4.33. The van der Waals surface area contributed by atoms with Crippen molar-refractivity contribution in [1.29, 1.82) is 0 Å². The molecule has 2 amide bonds. The number of hydrogen-bond acceptors (Lipinski definition) is 3. The Bertz CT molecular complexity index is 231. The topological polar surface area (TPSA) is 49.4 Å². The summed E-state index contributed by atoms with van der Waals surface area (Å²) in [7, 11) is 3.27. The third-order valence-corrected chi connectivity index (χ3v) is 3.03. The van der Waals surface area contributed by atoms with Crippen molar-refractivity contribution in [2.75, 3.05) is 20.6 Å². The number of carbonyl (C=O) groups excluding carboxylic acids is 2. The summed E-state index contributed by atoms with van der Waals surface area (Å²) in [5, 5.41) is 2.22. The Morgan fingerprint density at radius 2 is 1.93 bits per heavy atom. The Morgan fingerprint density at radius 1 is 1.40 bits per heavy atom. The largest absolute Gasteiger partial charge is 0.359 e. The van der Waals surface area contributed by atoms with E-state index in [4.69, 9.17) is 0 Å². The van der Waals surface area contributed by atoms with Crippen LogP contribution in [-0.4, -0.2) is 42.6 Å². The third-order valence-electron chi connectivity index (χ3n) is 2.21. The predicted molar refractivity (Wildman–Crippen MR) is 63.9 cm³/mol. The van der Waals surface area contributed by atoms with Crippen molar-refractivity contribution in [2.24, 2.45) is 5.92 Å². The number of thiol groups is 1. The number of rotatable bonds is 5. The lowest BCUT2D eigenvalue weighted by Crippen LogP contribution is -2.38. The van der Waals surface area contributed by atoms with Crippen molar-refractivity contribution < 1.29 is 9.59 Å². The molecule has 0 aliphatic carbocycles. The van der Waals surface area contributed by atoms with E-state index in [9.17, 15) is 9.59 Å². The van der Waals surface area contributed by atoms with Crippen LogP contribution in [0.25, 0.3) is 0 Å². The second-order valence-corrected chi connectivity index (χ2v) is 4.43. The van der Waals surface area contributed by atoms with Crippen LogP contribution in [0.1, 0.15) is 20.3 Å². The van der Waals surface area contributed by atoms with Crippen LogP contribution in [0.4, 0.5) is 0 Å². The van der Waals surface area contributed by atoms with E-state index in [-0.39, 0.29) is 23.0 Å². The molecule has 0 aliphatic rings. The zero-order chi connectivity index (χ0) is 12.0. The molecule has 88 valence electrons. The highest BCUT2D eigenvalue weighted by Crippen LogP contribution is 2.11. The normalized spacial score (nSPS) is 12.4. The maximum atomic E-state index is 11.7. The van der Waals surface area contributed by atoms with Crippen LogP contribution >= 0.6 is 12.6 Å². The number of nitrogens with zero attached hydrogens (tertiary/aromatic N) is 1. The average molecular weight is 232 g/mol. The van der Waals surface area contributed by atoms with Gasteiger partial charge in [-0.05, 0) is 5.92 Å². The molecular formula is C10H20N2O2S. The molecule has 0 heterocycles. The van der Waals surface area contributed by atoms with Gasteiger partial charge in [0, 0.05) is 27.1 Å². The minimum atomic E-state index is -0.292. The van der Waals surface area contributed by atoms with Crippen molar-refractivity contribution in [3.8, 4) is 0 Å². The SMILES string of the molecule is CNC(=O)CCN(C)C(=O)C(S)C(C)C. The van der Waals surface area contributed by atoms with Crippen LogP contribution in [0.15, 0.2) is 0 Å². The highest BCUT2D eigenvalue weighted by atomic mass is 32.1. The summed E-state index contributed by atoms with van der Waals surface area (Å²) < 4.78 is 0. The van der Waals surface area contributed by atoms with Gasteiger partial charge in [0.05, 0.1) is 5.25 Å². The fourth-order valence-corrected chi connectivity index (χ4v) is 1.21. The van der Waals surface area contributed by atoms with Crippen molar-refractivity contribution >= 4 is 24.4 Å². The maximum Gasteiger partial charge on any atom is 0.235 e. The number of amides is 2. The Balaban J connectivity index is 4.04. The lowest BCUT2D eigenvalue weighted by Gasteiger charge is -2.22. The van der Waals surface area contributed by atoms with Crippen LogP contribution in [0, 0.1) is 5.92 Å². The van der Waals surface area contributed by atoms with Crippen LogP contribution in [-0.2, 0) is 9.59 Å². The fourth-order valence-electron chi connectivity index (χ4n) is 1.02. The van der Waals surface area contributed by atoms with E-state index < -0.39 is 0 Å². The zero-order valence-corrected chi connectivity index (χ0v) is 10.7. The molecule has 0 rings (SSSR count). The van der Waals surface area contributed by atoms with Gasteiger partial charge in [-0.3, -0.25) is 9.59 Å². The Morgan fingerprint density at radius 3 is 2.33 bits per heavy atom. The highest BCUT2D eigenvalue weighted by Gasteiger charge is 2.21. The first kappa shape index (κ1) is 14.3. The molecular weight excluding hydrogens is 212 g/mol. The van der Waals surface area contributed by atoms with E-state index in [0.29, 0.717) is 13.0 Å². The molecule has 1 unspecified atom stereocenters.